The van der Waals surface area contributed by atoms with Crippen molar-refractivity contribution in [2.75, 3.05) is 13.1 Å². The molecule has 3 aromatic carbocycles. The van der Waals surface area contributed by atoms with Crippen LogP contribution in [-0.4, -0.2) is 58.5 Å². The van der Waals surface area contributed by atoms with Gasteiger partial charge in [0, 0.05) is 5.56 Å². The number of hydrogen-bond donors (Lipinski definition) is 1. The fourth-order valence-corrected chi connectivity index (χ4v) is 4.91. The molecule has 2 amide bonds. The van der Waals surface area contributed by atoms with Crippen LogP contribution in [0.4, 0.5) is 0 Å². The highest BCUT2D eigenvalue weighted by Crippen LogP contribution is 2.23. The molecule has 0 saturated carbocycles. The van der Waals surface area contributed by atoms with Gasteiger partial charge in [0.25, 0.3) is 0 Å². The molecule has 0 unspecified atom stereocenters. The number of benzene rings is 3. The number of ether oxygens (including phenoxy) is 1. The Labute approximate surface area is 241 Å². The molecule has 1 heterocycles. The summed E-state index contributed by atoms with van der Waals surface area (Å²) in [5, 5.41) is 0. The Balaban J connectivity index is 1.44. The molecular formula is C33H37N3O5. The number of rotatable bonds is 11. The molecule has 4 rings (SSSR count). The molecule has 0 spiro atoms. The van der Waals surface area contributed by atoms with E-state index in [4.69, 9.17) is 10.5 Å². The van der Waals surface area contributed by atoms with Crippen molar-refractivity contribution in [3.63, 3.8) is 0 Å². The van der Waals surface area contributed by atoms with Crippen LogP contribution in [0.25, 0.3) is 0 Å². The number of esters is 1. The summed E-state index contributed by atoms with van der Waals surface area (Å²) in [6, 6.07) is 23.0. The predicted octanol–water partition coefficient (Wildman–Crippen LogP) is 4.48. The fourth-order valence-electron chi connectivity index (χ4n) is 4.91. The maximum Gasteiger partial charge on any atom is 0.343 e. The maximum absolute atomic E-state index is 13.8. The summed E-state index contributed by atoms with van der Waals surface area (Å²) in [5.41, 5.74) is 8.00. The van der Waals surface area contributed by atoms with Crippen LogP contribution in [-0.2, 0) is 16.1 Å². The quantitative estimate of drug-likeness (QED) is 0.211. The summed E-state index contributed by atoms with van der Waals surface area (Å²) in [4.78, 5) is 55.9. The summed E-state index contributed by atoms with van der Waals surface area (Å²) in [6.45, 7) is 4.60. The monoisotopic (exact) mass is 555 g/mol. The van der Waals surface area contributed by atoms with Crippen LogP contribution in [0.5, 0.6) is 5.75 Å². The molecule has 41 heavy (non-hydrogen) atoms. The SMILES string of the molecule is CC[C@H](C)[C@H](N)C(=O)N(Cc1ccccc1)C(=O)[C@@H]1CCCN1CC(=O)c1ccc(OC(=O)c2ccccc2)cc1. The average Bonchev–Trinajstić information content (AvgIpc) is 3.47. The van der Waals surface area contributed by atoms with Gasteiger partial charge in [0.2, 0.25) is 11.8 Å². The van der Waals surface area contributed by atoms with E-state index in [2.05, 4.69) is 0 Å². The topological polar surface area (TPSA) is 110 Å². The van der Waals surface area contributed by atoms with E-state index in [0.717, 1.165) is 12.0 Å². The van der Waals surface area contributed by atoms with Gasteiger partial charge in [-0.25, -0.2) is 4.79 Å². The van der Waals surface area contributed by atoms with Gasteiger partial charge < -0.3 is 10.5 Å². The zero-order chi connectivity index (χ0) is 29.4. The van der Waals surface area contributed by atoms with Crippen molar-refractivity contribution in [2.45, 2.75) is 51.7 Å². The van der Waals surface area contributed by atoms with Crippen molar-refractivity contribution in [3.8, 4) is 5.75 Å². The molecule has 3 aromatic rings. The van der Waals surface area contributed by atoms with Gasteiger partial charge in [-0.3, -0.25) is 24.2 Å². The number of likely N-dealkylation sites (tertiary alicyclic amines) is 1. The number of carbonyl (C=O) groups excluding carboxylic acids is 4. The molecule has 2 N–H and O–H groups in total. The molecule has 1 saturated heterocycles. The highest BCUT2D eigenvalue weighted by molar-refractivity contribution is 6.01. The second-order valence-corrected chi connectivity index (χ2v) is 10.5. The van der Waals surface area contributed by atoms with Crippen molar-refractivity contribution >= 4 is 23.6 Å². The molecule has 3 atom stereocenters. The standard InChI is InChI=1S/C33H37N3O5/c1-3-23(2)30(34)32(39)36(21-24-11-6-4-7-12-24)31(38)28-15-10-20-35(28)22-29(37)25-16-18-27(19-17-25)41-33(40)26-13-8-5-9-14-26/h4-9,11-14,16-19,23,28,30H,3,10,15,20-22,34H2,1-2H3/t23-,28-,30-/m0/s1. The molecule has 0 aromatic heterocycles. The highest BCUT2D eigenvalue weighted by Gasteiger charge is 2.38. The second-order valence-electron chi connectivity index (χ2n) is 10.5. The first-order valence-corrected chi connectivity index (χ1v) is 14.1. The summed E-state index contributed by atoms with van der Waals surface area (Å²) in [7, 11) is 0. The van der Waals surface area contributed by atoms with E-state index in [9.17, 15) is 19.2 Å². The number of imide groups is 1. The summed E-state index contributed by atoms with van der Waals surface area (Å²) in [5.74, 6) is -1.12. The lowest BCUT2D eigenvalue weighted by Crippen LogP contribution is -2.54. The first-order chi connectivity index (χ1) is 19.8. The van der Waals surface area contributed by atoms with Crippen molar-refractivity contribution in [3.05, 3.63) is 102 Å². The minimum absolute atomic E-state index is 0.0321. The first kappa shape index (κ1) is 29.8. The maximum atomic E-state index is 13.8. The minimum atomic E-state index is -0.793. The van der Waals surface area contributed by atoms with Gasteiger partial charge in [0.15, 0.2) is 5.78 Å². The van der Waals surface area contributed by atoms with Gasteiger partial charge in [-0.2, -0.15) is 0 Å². The lowest BCUT2D eigenvalue weighted by Gasteiger charge is -2.31. The van der Waals surface area contributed by atoms with Gasteiger partial charge in [-0.15, -0.1) is 0 Å². The van der Waals surface area contributed by atoms with Crippen LogP contribution in [0.3, 0.4) is 0 Å². The normalized spacial score (nSPS) is 16.5. The molecule has 0 radical (unpaired) electrons. The van der Waals surface area contributed by atoms with E-state index >= 15 is 0 Å². The number of nitrogens with two attached hydrogens (primary N) is 1. The fraction of sp³-hybridized carbons (Fsp3) is 0.333. The van der Waals surface area contributed by atoms with E-state index in [1.807, 2.05) is 55.1 Å². The Morgan fingerprint density at radius 2 is 1.56 bits per heavy atom. The molecule has 1 aliphatic rings. The smallest absolute Gasteiger partial charge is 0.343 e. The van der Waals surface area contributed by atoms with Crippen LogP contribution in [0.15, 0.2) is 84.9 Å². The molecule has 0 bridgehead atoms. The van der Waals surface area contributed by atoms with E-state index in [1.165, 1.54) is 4.90 Å². The van der Waals surface area contributed by atoms with Gasteiger partial charge in [-0.1, -0.05) is 68.8 Å². The number of hydrogen-bond acceptors (Lipinski definition) is 7. The van der Waals surface area contributed by atoms with Crippen LogP contribution in [0, 0.1) is 5.92 Å². The third-order valence-electron chi connectivity index (χ3n) is 7.65. The van der Waals surface area contributed by atoms with Crippen molar-refractivity contribution < 1.29 is 23.9 Å². The van der Waals surface area contributed by atoms with E-state index in [1.54, 1.807) is 48.5 Å². The lowest BCUT2D eigenvalue weighted by atomic mass is 9.98. The van der Waals surface area contributed by atoms with Gasteiger partial charge in [0.1, 0.15) is 5.75 Å². The number of carbonyl (C=O) groups is 4. The molecule has 1 fully saturated rings. The molecule has 8 nitrogen and oxygen atoms in total. The van der Waals surface area contributed by atoms with Crippen molar-refractivity contribution in [1.29, 1.82) is 0 Å². The summed E-state index contributed by atoms with van der Waals surface area (Å²) in [6.07, 6.45) is 2.01. The van der Waals surface area contributed by atoms with Crippen molar-refractivity contribution in [2.24, 2.45) is 11.7 Å². The third-order valence-corrected chi connectivity index (χ3v) is 7.65. The highest BCUT2D eigenvalue weighted by atomic mass is 16.5. The number of nitrogens with zero attached hydrogens (tertiary/aromatic N) is 2. The number of amides is 2. The minimum Gasteiger partial charge on any atom is -0.423 e. The average molecular weight is 556 g/mol. The summed E-state index contributed by atoms with van der Waals surface area (Å²) < 4.78 is 5.41. The zero-order valence-electron chi connectivity index (χ0n) is 23.6. The Morgan fingerprint density at radius 3 is 2.20 bits per heavy atom. The van der Waals surface area contributed by atoms with Crippen molar-refractivity contribution in [1.82, 2.24) is 9.80 Å². The second kappa shape index (κ2) is 14.0. The van der Waals surface area contributed by atoms with Crippen LogP contribution >= 0.6 is 0 Å². The van der Waals surface area contributed by atoms with E-state index in [0.29, 0.717) is 36.3 Å². The largest absolute Gasteiger partial charge is 0.423 e. The first-order valence-electron chi connectivity index (χ1n) is 14.1. The molecule has 0 aliphatic carbocycles. The Bertz CT molecular complexity index is 1340. The van der Waals surface area contributed by atoms with Gasteiger partial charge in [0.05, 0.1) is 30.7 Å². The molecule has 214 valence electrons. The van der Waals surface area contributed by atoms with Crippen LogP contribution < -0.4 is 10.5 Å². The van der Waals surface area contributed by atoms with Crippen LogP contribution in [0.2, 0.25) is 0 Å². The van der Waals surface area contributed by atoms with E-state index < -0.39 is 24.0 Å². The number of ketones is 1. The van der Waals surface area contributed by atoms with E-state index in [-0.39, 0.29) is 30.7 Å². The molecule has 1 aliphatic heterocycles. The third kappa shape index (κ3) is 7.54. The van der Waals surface area contributed by atoms with Crippen LogP contribution in [0.1, 0.15) is 59.4 Å². The Kier molecular flexibility index (Phi) is 10.2. The van der Waals surface area contributed by atoms with Gasteiger partial charge >= 0.3 is 5.97 Å². The molecular weight excluding hydrogens is 518 g/mol. The molecule has 8 heteroatoms. The lowest BCUT2D eigenvalue weighted by molar-refractivity contribution is -0.149. The Hall–Kier alpha value is -4.14. The summed E-state index contributed by atoms with van der Waals surface area (Å²) >= 11 is 0. The van der Waals surface area contributed by atoms with Gasteiger partial charge in [-0.05, 0) is 67.3 Å². The Morgan fingerprint density at radius 1 is 0.927 bits per heavy atom. The zero-order valence-corrected chi connectivity index (χ0v) is 23.6. The predicted molar refractivity (Wildman–Crippen MR) is 156 cm³/mol. The number of Topliss-reactive ketones (excluding diaryl/α,β-unsaturated/α-hetero) is 1.